The number of likely N-dealkylation sites (tertiary alicyclic amines) is 1. The second-order valence-corrected chi connectivity index (χ2v) is 6.15. The van der Waals surface area contributed by atoms with Crippen LogP contribution in [0.25, 0.3) is 0 Å². The van der Waals surface area contributed by atoms with Crippen molar-refractivity contribution < 1.29 is 5.11 Å². The highest BCUT2D eigenvalue weighted by molar-refractivity contribution is 9.10. The van der Waals surface area contributed by atoms with Gasteiger partial charge in [-0.25, -0.2) is 0 Å². The van der Waals surface area contributed by atoms with Crippen LogP contribution in [0.2, 0.25) is 0 Å². The number of phenolic OH excluding ortho intramolecular Hbond substituents is 1. The zero-order valence-corrected chi connectivity index (χ0v) is 12.6. The highest BCUT2D eigenvalue weighted by Gasteiger charge is 2.18. The molecule has 1 N–H and O–H groups in total. The Morgan fingerprint density at radius 2 is 2.06 bits per heavy atom. The zero-order valence-electron chi connectivity index (χ0n) is 11.0. The number of benzene rings is 1. The fourth-order valence-corrected chi connectivity index (χ4v) is 3.17. The van der Waals surface area contributed by atoms with Gasteiger partial charge in [0.15, 0.2) is 0 Å². The lowest BCUT2D eigenvalue weighted by molar-refractivity contribution is 0.172. The van der Waals surface area contributed by atoms with E-state index in [1.54, 1.807) is 6.07 Å². The van der Waals surface area contributed by atoms with E-state index in [-0.39, 0.29) is 0 Å². The van der Waals surface area contributed by atoms with Gasteiger partial charge in [0.1, 0.15) is 5.75 Å². The molecule has 2 rings (SSSR count). The first kappa shape index (κ1) is 13.9. The number of rotatable bonds is 4. The van der Waals surface area contributed by atoms with Crippen LogP contribution in [0.3, 0.4) is 0 Å². The number of nitrogens with zero attached hydrogens (tertiary/aromatic N) is 1. The van der Waals surface area contributed by atoms with Crippen molar-refractivity contribution in [3.8, 4) is 5.75 Å². The van der Waals surface area contributed by atoms with Gasteiger partial charge in [0.05, 0.1) is 4.47 Å². The van der Waals surface area contributed by atoms with Crippen LogP contribution in [-0.2, 0) is 6.54 Å². The van der Waals surface area contributed by atoms with E-state index in [9.17, 15) is 5.11 Å². The average molecular weight is 312 g/mol. The van der Waals surface area contributed by atoms with Crippen molar-refractivity contribution in [2.24, 2.45) is 5.92 Å². The van der Waals surface area contributed by atoms with Crippen molar-refractivity contribution in [3.63, 3.8) is 0 Å². The lowest BCUT2D eigenvalue weighted by Gasteiger charge is -2.31. The minimum Gasteiger partial charge on any atom is -0.507 e. The maximum absolute atomic E-state index is 9.48. The van der Waals surface area contributed by atoms with E-state index in [0.717, 1.165) is 16.9 Å². The monoisotopic (exact) mass is 311 g/mol. The van der Waals surface area contributed by atoms with Crippen LogP contribution in [0, 0.1) is 5.92 Å². The average Bonchev–Trinajstić information content (AvgIpc) is 2.37. The molecule has 1 aromatic rings. The van der Waals surface area contributed by atoms with Crippen LogP contribution in [-0.4, -0.2) is 23.1 Å². The number of phenols is 1. The van der Waals surface area contributed by atoms with Crippen molar-refractivity contribution in [2.75, 3.05) is 13.1 Å². The highest BCUT2D eigenvalue weighted by atomic mass is 79.9. The third-order valence-electron chi connectivity index (χ3n) is 3.82. The first-order chi connectivity index (χ1) is 8.69. The summed E-state index contributed by atoms with van der Waals surface area (Å²) in [7, 11) is 0. The molecule has 0 aliphatic carbocycles. The van der Waals surface area contributed by atoms with E-state index in [0.29, 0.717) is 5.75 Å². The number of piperidine rings is 1. The molecule has 1 fully saturated rings. The van der Waals surface area contributed by atoms with Crippen molar-refractivity contribution in [1.29, 1.82) is 0 Å². The van der Waals surface area contributed by atoms with Gasteiger partial charge in [-0.15, -0.1) is 0 Å². The number of hydrogen-bond acceptors (Lipinski definition) is 2. The molecule has 0 amide bonds. The van der Waals surface area contributed by atoms with Crippen molar-refractivity contribution in [2.45, 2.75) is 39.2 Å². The van der Waals surface area contributed by atoms with Crippen LogP contribution >= 0.6 is 15.9 Å². The Kier molecular flexibility index (Phi) is 5.07. The molecule has 18 heavy (non-hydrogen) atoms. The van der Waals surface area contributed by atoms with E-state index in [1.165, 1.54) is 44.3 Å². The summed E-state index contributed by atoms with van der Waals surface area (Å²) in [6.45, 7) is 5.70. The third-order valence-corrected chi connectivity index (χ3v) is 4.46. The molecule has 2 nitrogen and oxygen atoms in total. The minimum absolute atomic E-state index is 0.320. The maximum Gasteiger partial charge on any atom is 0.129 e. The molecule has 0 radical (unpaired) electrons. The SMILES string of the molecule is CCCC1CCN(Cc2ccc(O)c(Br)c2)CC1. The lowest BCUT2D eigenvalue weighted by Crippen LogP contribution is -2.33. The first-order valence-electron chi connectivity index (χ1n) is 6.88. The van der Waals surface area contributed by atoms with Crippen molar-refractivity contribution >= 4 is 15.9 Å². The Morgan fingerprint density at radius 3 is 2.67 bits per heavy atom. The second kappa shape index (κ2) is 6.58. The summed E-state index contributed by atoms with van der Waals surface area (Å²) < 4.78 is 0.792. The molecule has 1 aliphatic heterocycles. The fourth-order valence-electron chi connectivity index (χ4n) is 2.75. The summed E-state index contributed by atoms with van der Waals surface area (Å²) in [5.41, 5.74) is 1.27. The van der Waals surface area contributed by atoms with Crippen LogP contribution in [0.1, 0.15) is 38.2 Å². The highest BCUT2D eigenvalue weighted by Crippen LogP contribution is 2.26. The van der Waals surface area contributed by atoms with Gasteiger partial charge in [0, 0.05) is 6.54 Å². The zero-order chi connectivity index (χ0) is 13.0. The second-order valence-electron chi connectivity index (χ2n) is 5.29. The molecule has 0 saturated carbocycles. The third kappa shape index (κ3) is 3.72. The predicted molar refractivity (Wildman–Crippen MR) is 78.7 cm³/mol. The summed E-state index contributed by atoms with van der Waals surface area (Å²) in [6.07, 6.45) is 5.38. The van der Waals surface area contributed by atoms with Gasteiger partial charge in [0.2, 0.25) is 0 Å². The molecule has 0 aromatic heterocycles. The van der Waals surface area contributed by atoms with Crippen LogP contribution in [0.4, 0.5) is 0 Å². The molecular weight excluding hydrogens is 290 g/mol. The molecule has 100 valence electrons. The fraction of sp³-hybridized carbons (Fsp3) is 0.600. The standard InChI is InChI=1S/C15H22BrNO/c1-2-3-12-6-8-17(9-7-12)11-13-4-5-15(18)14(16)10-13/h4-5,10,12,18H,2-3,6-9,11H2,1H3. The van der Waals surface area contributed by atoms with Crippen LogP contribution in [0.5, 0.6) is 5.75 Å². The number of halogens is 1. The van der Waals surface area contributed by atoms with Crippen molar-refractivity contribution in [3.05, 3.63) is 28.2 Å². The number of aromatic hydroxyl groups is 1. The summed E-state index contributed by atoms with van der Waals surface area (Å²) in [4.78, 5) is 2.52. The summed E-state index contributed by atoms with van der Waals surface area (Å²) in [5, 5.41) is 9.48. The molecule has 0 atom stereocenters. The smallest absolute Gasteiger partial charge is 0.129 e. The molecule has 1 saturated heterocycles. The molecule has 3 heteroatoms. The Bertz CT molecular complexity index is 386. The first-order valence-corrected chi connectivity index (χ1v) is 7.68. The number of hydrogen-bond donors (Lipinski definition) is 1. The summed E-state index contributed by atoms with van der Waals surface area (Å²) >= 11 is 3.37. The predicted octanol–water partition coefficient (Wildman–Crippen LogP) is 4.17. The van der Waals surface area contributed by atoms with Gasteiger partial charge in [-0.3, -0.25) is 4.90 Å². The van der Waals surface area contributed by atoms with E-state index in [2.05, 4.69) is 27.8 Å². The minimum atomic E-state index is 0.320. The Morgan fingerprint density at radius 1 is 1.33 bits per heavy atom. The van der Waals surface area contributed by atoms with E-state index < -0.39 is 0 Å². The Balaban J connectivity index is 1.85. The normalized spacial score (nSPS) is 18.1. The molecule has 0 spiro atoms. The van der Waals surface area contributed by atoms with E-state index in [1.807, 2.05) is 12.1 Å². The van der Waals surface area contributed by atoms with Gasteiger partial charge >= 0.3 is 0 Å². The molecule has 0 bridgehead atoms. The van der Waals surface area contributed by atoms with Gasteiger partial charge in [-0.2, -0.15) is 0 Å². The van der Waals surface area contributed by atoms with Gasteiger partial charge < -0.3 is 5.11 Å². The maximum atomic E-state index is 9.48. The van der Waals surface area contributed by atoms with Crippen LogP contribution in [0.15, 0.2) is 22.7 Å². The van der Waals surface area contributed by atoms with Crippen LogP contribution < -0.4 is 0 Å². The molecule has 1 heterocycles. The van der Waals surface area contributed by atoms with E-state index >= 15 is 0 Å². The molecule has 1 aromatic carbocycles. The summed E-state index contributed by atoms with van der Waals surface area (Å²) in [5.74, 6) is 1.26. The lowest BCUT2D eigenvalue weighted by atomic mass is 9.92. The Hall–Kier alpha value is -0.540. The topological polar surface area (TPSA) is 23.5 Å². The molecule has 1 aliphatic rings. The van der Waals surface area contributed by atoms with Crippen molar-refractivity contribution in [1.82, 2.24) is 4.90 Å². The van der Waals surface area contributed by atoms with E-state index in [4.69, 9.17) is 0 Å². The molecular formula is C15H22BrNO. The van der Waals surface area contributed by atoms with Gasteiger partial charge in [0.25, 0.3) is 0 Å². The van der Waals surface area contributed by atoms with Gasteiger partial charge in [-0.05, 0) is 65.5 Å². The quantitative estimate of drug-likeness (QED) is 0.902. The summed E-state index contributed by atoms with van der Waals surface area (Å²) in [6, 6.07) is 5.80. The largest absolute Gasteiger partial charge is 0.507 e. The van der Waals surface area contributed by atoms with Gasteiger partial charge in [-0.1, -0.05) is 25.8 Å². The molecule has 0 unspecified atom stereocenters. The Labute approximate surface area is 118 Å².